The standard InChI is InChI=1S/C18H28N2/c1-14-6-8-15(9-7-14)12-20-18-10-11-19-13-16-4-2-3-5-17(16)18/h2-5,14-15,18-20H,6-13H2,1H3. The van der Waals surface area contributed by atoms with Gasteiger partial charge < -0.3 is 10.6 Å². The first-order valence-corrected chi connectivity index (χ1v) is 8.35. The van der Waals surface area contributed by atoms with Crippen molar-refractivity contribution in [3.8, 4) is 0 Å². The molecule has 3 rings (SSSR count). The maximum Gasteiger partial charge on any atom is 0.0335 e. The van der Waals surface area contributed by atoms with Crippen LogP contribution >= 0.6 is 0 Å². The average molecular weight is 272 g/mol. The molecule has 0 saturated heterocycles. The van der Waals surface area contributed by atoms with Gasteiger partial charge in [-0.05, 0) is 55.3 Å². The molecular formula is C18H28N2. The number of nitrogens with one attached hydrogen (secondary N) is 2. The zero-order valence-corrected chi connectivity index (χ0v) is 12.7. The SMILES string of the molecule is CC1CCC(CNC2CCNCc3ccccc32)CC1. The Morgan fingerprint density at radius 2 is 1.90 bits per heavy atom. The first-order valence-electron chi connectivity index (χ1n) is 8.35. The lowest BCUT2D eigenvalue weighted by Gasteiger charge is -2.28. The minimum atomic E-state index is 0.542. The van der Waals surface area contributed by atoms with E-state index >= 15 is 0 Å². The van der Waals surface area contributed by atoms with E-state index in [-0.39, 0.29) is 0 Å². The lowest BCUT2D eigenvalue weighted by Crippen LogP contribution is -2.30. The highest BCUT2D eigenvalue weighted by atomic mass is 14.9. The van der Waals surface area contributed by atoms with Gasteiger partial charge in [-0.1, -0.05) is 44.0 Å². The third kappa shape index (κ3) is 3.42. The summed E-state index contributed by atoms with van der Waals surface area (Å²) in [6.07, 6.45) is 6.89. The Morgan fingerprint density at radius 3 is 2.75 bits per heavy atom. The molecule has 110 valence electrons. The van der Waals surface area contributed by atoms with Gasteiger partial charge in [0.1, 0.15) is 0 Å². The van der Waals surface area contributed by atoms with Crippen molar-refractivity contribution in [3.63, 3.8) is 0 Å². The van der Waals surface area contributed by atoms with Gasteiger partial charge in [-0.15, -0.1) is 0 Å². The summed E-state index contributed by atoms with van der Waals surface area (Å²) < 4.78 is 0. The van der Waals surface area contributed by atoms with E-state index in [1.807, 2.05) is 0 Å². The summed E-state index contributed by atoms with van der Waals surface area (Å²) in [5, 5.41) is 7.40. The van der Waals surface area contributed by atoms with Crippen LogP contribution < -0.4 is 10.6 Å². The van der Waals surface area contributed by atoms with Gasteiger partial charge >= 0.3 is 0 Å². The maximum absolute atomic E-state index is 3.86. The molecule has 2 heteroatoms. The molecule has 20 heavy (non-hydrogen) atoms. The Morgan fingerprint density at radius 1 is 1.10 bits per heavy atom. The van der Waals surface area contributed by atoms with Crippen molar-refractivity contribution in [1.29, 1.82) is 0 Å². The van der Waals surface area contributed by atoms with Crippen LogP contribution in [0.3, 0.4) is 0 Å². The highest BCUT2D eigenvalue weighted by molar-refractivity contribution is 5.31. The highest BCUT2D eigenvalue weighted by Crippen LogP contribution is 2.29. The molecule has 0 amide bonds. The van der Waals surface area contributed by atoms with Crippen LogP contribution in [0.1, 0.15) is 56.2 Å². The molecule has 1 atom stereocenters. The van der Waals surface area contributed by atoms with Crippen molar-refractivity contribution in [2.24, 2.45) is 11.8 Å². The first kappa shape index (κ1) is 14.1. The van der Waals surface area contributed by atoms with Crippen molar-refractivity contribution in [1.82, 2.24) is 10.6 Å². The van der Waals surface area contributed by atoms with E-state index in [4.69, 9.17) is 0 Å². The topological polar surface area (TPSA) is 24.1 Å². The Labute approximate surface area is 123 Å². The molecule has 1 aliphatic carbocycles. The normalized spacial score (nSPS) is 30.6. The number of fused-ring (bicyclic) bond motifs is 1. The second kappa shape index (κ2) is 6.73. The van der Waals surface area contributed by atoms with Crippen LogP contribution in [0.25, 0.3) is 0 Å². The molecule has 2 N–H and O–H groups in total. The van der Waals surface area contributed by atoms with E-state index in [0.717, 1.165) is 24.9 Å². The van der Waals surface area contributed by atoms with Crippen molar-refractivity contribution >= 4 is 0 Å². The van der Waals surface area contributed by atoms with Crippen LogP contribution in [-0.2, 0) is 6.54 Å². The lowest BCUT2D eigenvalue weighted by atomic mass is 9.83. The van der Waals surface area contributed by atoms with E-state index in [2.05, 4.69) is 41.8 Å². The minimum Gasteiger partial charge on any atom is -0.313 e. The Kier molecular flexibility index (Phi) is 4.74. The molecule has 2 nitrogen and oxygen atoms in total. The molecule has 0 bridgehead atoms. The zero-order chi connectivity index (χ0) is 13.8. The molecule has 1 aromatic rings. The summed E-state index contributed by atoms with van der Waals surface area (Å²) in [5.74, 6) is 1.85. The fourth-order valence-electron chi connectivity index (χ4n) is 3.71. The number of benzene rings is 1. The van der Waals surface area contributed by atoms with Gasteiger partial charge in [0.2, 0.25) is 0 Å². The van der Waals surface area contributed by atoms with E-state index in [9.17, 15) is 0 Å². The van der Waals surface area contributed by atoms with Gasteiger partial charge in [0.15, 0.2) is 0 Å². The monoisotopic (exact) mass is 272 g/mol. The molecule has 1 saturated carbocycles. The van der Waals surface area contributed by atoms with E-state index < -0.39 is 0 Å². The third-order valence-corrected chi connectivity index (χ3v) is 5.14. The van der Waals surface area contributed by atoms with Crippen LogP contribution in [0.2, 0.25) is 0 Å². The van der Waals surface area contributed by atoms with Crippen molar-refractivity contribution in [2.45, 2.75) is 51.6 Å². The van der Waals surface area contributed by atoms with E-state index in [1.54, 1.807) is 0 Å². The fourth-order valence-corrected chi connectivity index (χ4v) is 3.71. The van der Waals surface area contributed by atoms with Crippen LogP contribution in [-0.4, -0.2) is 13.1 Å². The van der Waals surface area contributed by atoms with Crippen LogP contribution in [0.5, 0.6) is 0 Å². The summed E-state index contributed by atoms with van der Waals surface area (Å²) in [7, 11) is 0. The number of hydrogen-bond acceptors (Lipinski definition) is 2. The molecule has 1 heterocycles. The summed E-state index contributed by atoms with van der Waals surface area (Å²) in [4.78, 5) is 0. The number of hydrogen-bond donors (Lipinski definition) is 2. The summed E-state index contributed by atoms with van der Waals surface area (Å²) in [6.45, 7) is 5.74. The first-order chi connectivity index (χ1) is 9.83. The summed E-state index contributed by atoms with van der Waals surface area (Å²) in [5.41, 5.74) is 2.99. The lowest BCUT2D eigenvalue weighted by molar-refractivity contribution is 0.272. The van der Waals surface area contributed by atoms with Crippen molar-refractivity contribution < 1.29 is 0 Å². The molecule has 1 fully saturated rings. The Balaban J connectivity index is 1.59. The highest BCUT2D eigenvalue weighted by Gasteiger charge is 2.21. The van der Waals surface area contributed by atoms with Crippen LogP contribution in [0.4, 0.5) is 0 Å². The summed E-state index contributed by atoms with van der Waals surface area (Å²) in [6, 6.07) is 9.46. The van der Waals surface area contributed by atoms with E-state index in [1.165, 1.54) is 49.8 Å². The molecule has 1 aromatic carbocycles. The molecular weight excluding hydrogens is 244 g/mol. The van der Waals surface area contributed by atoms with E-state index in [0.29, 0.717) is 6.04 Å². The predicted octanol–water partition coefficient (Wildman–Crippen LogP) is 3.64. The fraction of sp³-hybridized carbons (Fsp3) is 0.667. The minimum absolute atomic E-state index is 0.542. The van der Waals surface area contributed by atoms with Crippen LogP contribution in [0, 0.1) is 11.8 Å². The van der Waals surface area contributed by atoms with Gasteiger partial charge in [0, 0.05) is 12.6 Å². The van der Waals surface area contributed by atoms with Gasteiger partial charge in [-0.3, -0.25) is 0 Å². The Bertz CT molecular complexity index is 421. The second-order valence-corrected chi connectivity index (χ2v) is 6.75. The molecule has 2 aliphatic rings. The van der Waals surface area contributed by atoms with Crippen molar-refractivity contribution in [2.75, 3.05) is 13.1 Å². The largest absolute Gasteiger partial charge is 0.313 e. The van der Waals surface area contributed by atoms with Crippen molar-refractivity contribution in [3.05, 3.63) is 35.4 Å². The molecule has 1 aliphatic heterocycles. The van der Waals surface area contributed by atoms with Gasteiger partial charge in [-0.2, -0.15) is 0 Å². The van der Waals surface area contributed by atoms with Gasteiger partial charge in [0.05, 0.1) is 0 Å². The molecule has 0 radical (unpaired) electrons. The second-order valence-electron chi connectivity index (χ2n) is 6.75. The molecule has 1 unspecified atom stereocenters. The smallest absolute Gasteiger partial charge is 0.0335 e. The van der Waals surface area contributed by atoms with Gasteiger partial charge in [0.25, 0.3) is 0 Å². The Hall–Kier alpha value is -0.860. The molecule has 0 aromatic heterocycles. The zero-order valence-electron chi connectivity index (χ0n) is 12.7. The number of rotatable bonds is 3. The maximum atomic E-state index is 3.86. The quantitative estimate of drug-likeness (QED) is 0.878. The van der Waals surface area contributed by atoms with Gasteiger partial charge in [-0.25, -0.2) is 0 Å². The third-order valence-electron chi connectivity index (χ3n) is 5.14. The van der Waals surface area contributed by atoms with Crippen LogP contribution in [0.15, 0.2) is 24.3 Å². The summed E-state index contributed by atoms with van der Waals surface area (Å²) >= 11 is 0. The predicted molar refractivity (Wildman–Crippen MR) is 84.6 cm³/mol. The average Bonchev–Trinajstić information content (AvgIpc) is 2.69. The molecule has 0 spiro atoms.